The fourth-order valence-corrected chi connectivity index (χ4v) is 3.94. The number of rotatable bonds is 5. The number of methoxy groups -OCH3 is 1. The van der Waals surface area contributed by atoms with Crippen molar-refractivity contribution in [3.8, 4) is 0 Å². The average molecular weight is 374 g/mol. The van der Waals surface area contributed by atoms with Gasteiger partial charge < -0.3 is 10.1 Å². The largest absolute Gasteiger partial charge is 0.453 e. The highest BCUT2D eigenvalue weighted by Gasteiger charge is 2.25. The van der Waals surface area contributed by atoms with Gasteiger partial charge in [-0.05, 0) is 32.9 Å². The molecule has 0 atom stereocenters. The number of amides is 1. The summed E-state index contributed by atoms with van der Waals surface area (Å²) in [4.78, 5) is 11.8. The van der Waals surface area contributed by atoms with Crippen LogP contribution < -0.4 is 15.4 Å². The van der Waals surface area contributed by atoms with Gasteiger partial charge in [0.2, 0.25) is 10.0 Å². The lowest BCUT2D eigenvalue weighted by Gasteiger charge is -2.22. The molecule has 7 nitrogen and oxygen atoms in total. The monoisotopic (exact) mass is 373 g/mol. The van der Waals surface area contributed by atoms with E-state index in [4.69, 9.17) is 0 Å². The van der Waals surface area contributed by atoms with Crippen LogP contribution in [0.5, 0.6) is 0 Å². The van der Waals surface area contributed by atoms with Gasteiger partial charge in [0.05, 0.1) is 12.0 Å². The van der Waals surface area contributed by atoms with Gasteiger partial charge >= 0.3 is 6.09 Å². The summed E-state index contributed by atoms with van der Waals surface area (Å²) in [6.45, 7) is 5.23. The second-order valence-corrected chi connectivity index (χ2v) is 8.13. The molecule has 0 saturated heterocycles. The molecule has 0 aromatic heterocycles. The molecule has 1 aromatic rings. The maximum Gasteiger partial charge on any atom is 0.411 e. The second kappa shape index (κ2) is 7.91. The minimum atomic E-state index is -3.84. The SMILES string of the molecule is CN/C=C(\S)c1ccc(NC(=O)OC)cc1S(=O)(=O)NC(C)(C)C. The minimum Gasteiger partial charge on any atom is -0.453 e. The molecule has 0 bridgehead atoms. The summed E-state index contributed by atoms with van der Waals surface area (Å²) >= 11 is 4.33. The molecular formula is C15H23N3O4S2. The van der Waals surface area contributed by atoms with Crippen LogP contribution in [0.3, 0.4) is 0 Å². The Morgan fingerprint density at radius 1 is 1.29 bits per heavy atom. The summed E-state index contributed by atoms with van der Waals surface area (Å²) < 4.78 is 32.6. The van der Waals surface area contributed by atoms with Crippen LogP contribution in [0, 0.1) is 0 Å². The number of benzene rings is 1. The van der Waals surface area contributed by atoms with E-state index in [-0.39, 0.29) is 4.90 Å². The van der Waals surface area contributed by atoms with E-state index in [1.807, 2.05) is 0 Å². The maximum absolute atomic E-state index is 12.7. The number of ether oxygens (including phenoxy) is 1. The zero-order chi connectivity index (χ0) is 18.5. The number of carbonyl (C=O) groups is 1. The van der Waals surface area contributed by atoms with Crippen LogP contribution in [0.15, 0.2) is 29.3 Å². The number of anilines is 1. The smallest absolute Gasteiger partial charge is 0.411 e. The first-order valence-electron chi connectivity index (χ1n) is 7.10. The van der Waals surface area contributed by atoms with Crippen LogP contribution in [-0.4, -0.2) is 34.2 Å². The molecule has 0 saturated carbocycles. The summed E-state index contributed by atoms with van der Waals surface area (Å²) in [5, 5.41) is 5.26. The summed E-state index contributed by atoms with van der Waals surface area (Å²) in [5.41, 5.74) is 0.0380. The van der Waals surface area contributed by atoms with Gasteiger partial charge in [-0.2, -0.15) is 0 Å². The third-order valence-electron chi connectivity index (χ3n) is 2.70. The highest BCUT2D eigenvalue weighted by molar-refractivity contribution is 7.91. The number of hydrogen-bond donors (Lipinski definition) is 4. The summed E-state index contributed by atoms with van der Waals surface area (Å²) in [6.07, 6.45) is 0.883. The number of carbonyl (C=O) groups excluding carboxylic acids is 1. The predicted molar refractivity (Wildman–Crippen MR) is 98.6 cm³/mol. The topological polar surface area (TPSA) is 96.5 Å². The Morgan fingerprint density at radius 2 is 1.92 bits per heavy atom. The van der Waals surface area contributed by atoms with Gasteiger partial charge in [0.25, 0.3) is 0 Å². The lowest BCUT2D eigenvalue weighted by Crippen LogP contribution is -2.40. The lowest BCUT2D eigenvalue weighted by atomic mass is 10.1. The number of sulfonamides is 1. The molecule has 0 fully saturated rings. The van der Waals surface area contributed by atoms with E-state index < -0.39 is 21.7 Å². The van der Waals surface area contributed by atoms with Gasteiger partial charge in [-0.3, -0.25) is 5.32 Å². The van der Waals surface area contributed by atoms with Gasteiger partial charge in [-0.15, -0.1) is 12.6 Å². The third-order valence-corrected chi connectivity index (χ3v) is 4.87. The third kappa shape index (κ3) is 5.73. The number of hydrogen-bond acceptors (Lipinski definition) is 6. The first kappa shape index (κ1) is 20.3. The molecule has 0 heterocycles. The van der Waals surface area contributed by atoms with Crippen LogP contribution in [-0.2, 0) is 14.8 Å². The van der Waals surface area contributed by atoms with Crippen molar-refractivity contribution >= 4 is 39.3 Å². The van der Waals surface area contributed by atoms with Crippen LogP contribution in [0.1, 0.15) is 26.3 Å². The zero-order valence-electron chi connectivity index (χ0n) is 14.3. The molecule has 9 heteroatoms. The van der Waals surface area contributed by atoms with Crippen LogP contribution in [0.4, 0.5) is 10.5 Å². The molecule has 1 rings (SSSR count). The van der Waals surface area contributed by atoms with Crippen molar-refractivity contribution in [1.82, 2.24) is 10.0 Å². The van der Waals surface area contributed by atoms with Crippen molar-refractivity contribution in [3.63, 3.8) is 0 Å². The van der Waals surface area contributed by atoms with Crippen molar-refractivity contribution in [2.45, 2.75) is 31.2 Å². The molecule has 3 N–H and O–H groups in total. The second-order valence-electron chi connectivity index (χ2n) is 6.00. The van der Waals surface area contributed by atoms with Gasteiger partial charge in [0.15, 0.2) is 0 Å². The molecule has 24 heavy (non-hydrogen) atoms. The summed E-state index contributed by atoms with van der Waals surface area (Å²) in [6, 6.07) is 4.50. The molecule has 0 radical (unpaired) electrons. The minimum absolute atomic E-state index is 0.00262. The first-order chi connectivity index (χ1) is 11.0. The Bertz CT molecular complexity index is 738. The van der Waals surface area contributed by atoms with Gasteiger partial charge in [-0.1, -0.05) is 6.07 Å². The molecule has 134 valence electrons. The van der Waals surface area contributed by atoms with Crippen molar-refractivity contribution in [2.75, 3.05) is 19.5 Å². The van der Waals surface area contributed by atoms with Crippen molar-refractivity contribution in [3.05, 3.63) is 30.0 Å². The molecule has 0 spiro atoms. The molecule has 0 aliphatic rings. The summed E-state index contributed by atoms with van der Waals surface area (Å²) in [5.74, 6) is 0. The van der Waals surface area contributed by atoms with E-state index in [0.717, 1.165) is 0 Å². The Labute approximate surface area is 148 Å². The van der Waals surface area contributed by atoms with E-state index in [1.54, 1.807) is 46.2 Å². The van der Waals surface area contributed by atoms with Crippen LogP contribution in [0.25, 0.3) is 4.91 Å². The van der Waals surface area contributed by atoms with Crippen molar-refractivity contribution in [1.29, 1.82) is 0 Å². The highest BCUT2D eigenvalue weighted by atomic mass is 32.2. The molecule has 0 aliphatic carbocycles. The van der Waals surface area contributed by atoms with Crippen LogP contribution in [0.2, 0.25) is 0 Å². The van der Waals surface area contributed by atoms with E-state index in [2.05, 4.69) is 32.7 Å². The standard InChI is InChI=1S/C15H23N3O4S2/c1-15(2,3)18-24(20,21)13-8-10(17-14(19)22-5)6-7-11(13)12(23)9-16-4/h6-9,16,18,23H,1-5H3,(H,17,19)/b12-9-. The van der Waals surface area contributed by atoms with Gasteiger partial charge in [0, 0.05) is 34.9 Å². The molecular weight excluding hydrogens is 350 g/mol. The molecule has 0 unspecified atom stereocenters. The maximum atomic E-state index is 12.7. The van der Waals surface area contributed by atoms with E-state index in [9.17, 15) is 13.2 Å². The lowest BCUT2D eigenvalue weighted by molar-refractivity contribution is 0.187. The van der Waals surface area contributed by atoms with E-state index in [1.165, 1.54) is 13.2 Å². The zero-order valence-corrected chi connectivity index (χ0v) is 16.0. The first-order valence-corrected chi connectivity index (χ1v) is 9.03. The Hall–Kier alpha value is -1.71. The van der Waals surface area contributed by atoms with E-state index >= 15 is 0 Å². The van der Waals surface area contributed by atoms with Crippen molar-refractivity contribution < 1.29 is 17.9 Å². The Morgan fingerprint density at radius 3 is 2.42 bits per heavy atom. The quantitative estimate of drug-likeness (QED) is 0.594. The van der Waals surface area contributed by atoms with Crippen molar-refractivity contribution in [2.24, 2.45) is 0 Å². The van der Waals surface area contributed by atoms with Crippen LogP contribution >= 0.6 is 12.6 Å². The fraction of sp³-hybridized carbons (Fsp3) is 0.400. The molecule has 0 aliphatic heterocycles. The number of nitrogens with one attached hydrogen (secondary N) is 3. The van der Waals surface area contributed by atoms with E-state index in [0.29, 0.717) is 16.2 Å². The fourth-order valence-electron chi connectivity index (χ4n) is 1.88. The van der Waals surface area contributed by atoms with Gasteiger partial charge in [0.1, 0.15) is 0 Å². The molecule has 1 amide bonds. The predicted octanol–water partition coefficient (Wildman–Crippen LogP) is 2.39. The molecule has 1 aromatic carbocycles. The normalized spacial score (nSPS) is 12.7. The average Bonchev–Trinajstić information content (AvgIpc) is 2.44. The highest BCUT2D eigenvalue weighted by Crippen LogP contribution is 2.29. The Kier molecular flexibility index (Phi) is 6.70. The number of thiol groups is 1. The summed E-state index contributed by atoms with van der Waals surface area (Å²) in [7, 11) is -0.925. The Balaban J connectivity index is 3.47. The van der Waals surface area contributed by atoms with Gasteiger partial charge in [-0.25, -0.2) is 17.9 Å².